The number of rotatable bonds is 6. The van der Waals surface area contributed by atoms with Crippen LogP contribution in [0.5, 0.6) is 0 Å². The molecule has 2 unspecified atom stereocenters. The minimum absolute atomic E-state index is 0.0511. The first kappa shape index (κ1) is 18.7. The van der Waals surface area contributed by atoms with Gasteiger partial charge in [-0.05, 0) is 36.0 Å². The van der Waals surface area contributed by atoms with E-state index in [9.17, 15) is 14.7 Å². The van der Waals surface area contributed by atoms with E-state index in [0.717, 1.165) is 34.4 Å². The van der Waals surface area contributed by atoms with Gasteiger partial charge in [0.2, 0.25) is 0 Å². The summed E-state index contributed by atoms with van der Waals surface area (Å²) in [7, 11) is 0. The first-order valence-electron chi connectivity index (χ1n) is 9.62. The molecule has 0 saturated carbocycles. The zero-order valence-electron chi connectivity index (χ0n) is 15.6. The van der Waals surface area contributed by atoms with Gasteiger partial charge in [0, 0.05) is 0 Å². The van der Waals surface area contributed by atoms with E-state index >= 15 is 0 Å². The Bertz CT molecular complexity index is 870. The summed E-state index contributed by atoms with van der Waals surface area (Å²) in [4.78, 5) is 26.8. The molecule has 6 heteroatoms. The number of nitrogens with one attached hydrogen (secondary N) is 1. The van der Waals surface area contributed by atoms with E-state index in [1.165, 1.54) is 0 Å². The van der Waals surface area contributed by atoms with Crippen molar-refractivity contribution in [3.63, 3.8) is 0 Å². The number of nitrogens with zero attached hydrogens (tertiary/aromatic N) is 1. The lowest BCUT2D eigenvalue weighted by Gasteiger charge is -2.33. The molecular formula is C22H24N2O4. The zero-order chi connectivity index (χ0) is 19.6. The van der Waals surface area contributed by atoms with Crippen LogP contribution in [0.1, 0.15) is 29.5 Å². The minimum Gasteiger partial charge on any atom is -0.389 e. The van der Waals surface area contributed by atoms with Gasteiger partial charge in [-0.3, -0.25) is 9.69 Å². The van der Waals surface area contributed by atoms with E-state index in [0.29, 0.717) is 13.0 Å². The van der Waals surface area contributed by atoms with E-state index in [4.69, 9.17) is 4.74 Å². The minimum atomic E-state index is -1.00. The van der Waals surface area contributed by atoms with Gasteiger partial charge < -0.3 is 15.2 Å². The summed E-state index contributed by atoms with van der Waals surface area (Å²) < 4.78 is 5.54. The number of hydrogen-bond donors (Lipinski definition) is 2. The van der Waals surface area contributed by atoms with Crippen molar-refractivity contribution in [2.75, 3.05) is 13.2 Å². The van der Waals surface area contributed by atoms with Crippen LogP contribution in [0.4, 0.5) is 4.79 Å². The molecule has 2 atom stereocenters. The largest absolute Gasteiger partial charge is 0.389 e. The zero-order valence-corrected chi connectivity index (χ0v) is 15.6. The van der Waals surface area contributed by atoms with E-state index in [1.807, 2.05) is 54.6 Å². The standard InChI is InChI=1S/C22H24N2O4/c25-18(15-28-14-16-7-2-1-3-8-16)13-24-20(26)22(23-21(24)27)12-6-10-17-9-4-5-11-19(17)22/h1-5,7-9,11,18,25H,6,10,12-15H2,(H,23,27). The highest BCUT2D eigenvalue weighted by atomic mass is 16.5. The van der Waals surface area contributed by atoms with Gasteiger partial charge in [0.05, 0.1) is 25.9 Å². The van der Waals surface area contributed by atoms with Crippen LogP contribution in [0.25, 0.3) is 0 Å². The van der Waals surface area contributed by atoms with Crippen LogP contribution in [0.3, 0.4) is 0 Å². The molecule has 2 aromatic carbocycles. The number of fused-ring (bicyclic) bond motifs is 2. The molecule has 28 heavy (non-hydrogen) atoms. The number of imide groups is 1. The van der Waals surface area contributed by atoms with Gasteiger partial charge in [0.15, 0.2) is 0 Å². The molecule has 2 aliphatic rings. The van der Waals surface area contributed by atoms with Crippen LogP contribution in [0, 0.1) is 0 Å². The molecule has 6 nitrogen and oxygen atoms in total. The molecule has 1 fully saturated rings. The Labute approximate surface area is 164 Å². The monoisotopic (exact) mass is 380 g/mol. The SMILES string of the molecule is O=C1NC2(CCCc3ccccc32)C(=O)N1CC(O)COCc1ccccc1. The number of carbonyl (C=O) groups is 2. The second-order valence-corrected chi connectivity index (χ2v) is 7.42. The van der Waals surface area contributed by atoms with Gasteiger partial charge in [-0.15, -0.1) is 0 Å². The molecule has 2 N–H and O–H groups in total. The van der Waals surface area contributed by atoms with Crippen molar-refractivity contribution in [1.82, 2.24) is 10.2 Å². The molecule has 4 rings (SSSR count). The van der Waals surface area contributed by atoms with Crippen LogP contribution < -0.4 is 5.32 Å². The maximum absolute atomic E-state index is 13.2. The molecule has 146 valence electrons. The van der Waals surface area contributed by atoms with Gasteiger partial charge in [0.25, 0.3) is 5.91 Å². The van der Waals surface area contributed by atoms with E-state index in [-0.39, 0.29) is 19.1 Å². The average Bonchev–Trinajstić information content (AvgIpc) is 2.94. The second-order valence-electron chi connectivity index (χ2n) is 7.42. The molecule has 0 radical (unpaired) electrons. The maximum atomic E-state index is 13.2. The normalized spacial score (nSPS) is 22.2. The van der Waals surface area contributed by atoms with Crippen LogP contribution in [-0.4, -0.2) is 41.2 Å². The first-order chi connectivity index (χ1) is 13.6. The van der Waals surface area contributed by atoms with Crippen LogP contribution in [0.15, 0.2) is 54.6 Å². The Morgan fingerprint density at radius 2 is 1.86 bits per heavy atom. The van der Waals surface area contributed by atoms with Gasteiger partial charge in [-0.1, -0.05) is 54.6 Å². The van der Waals surface area contributed by atoms with Crippen LogP contribution in [-0.2, 0) is 28.1 Å². The number of aliphatic hydroxyl groups is 1. The Morgan fingerprint density at radius 1 is 1.11 bits per heavy atom. The number of hydrogen-bond acceptors (Lipinski definition) is 4. The Balaban J connectivity index is 1.41. The smallest absolute Gasteiger partial charge is 0.325 e. The molecule has 0 aromatic heterocycles. The first-order valence-corrected chi connectivity index (χ1v) is 9.62. The number of carbonyl (C=O) groups excluding carboxylic acids is 2. The van der Waals surface area contributed by atoms with Crippen LogP contribution >= 0.6 is 0 Å². The van der Waals surface area contributed by atoms with Crippen molar-refractivity contribution in [2.45, 2.75) is 37.5 Å². The third-order valence-corrected chi connectivity index (χ3v) is 5.47. The summed E-state index contributed by atoms with van der Waals surface area (Å²) in [6.07, 6.45) is 1.37. The number of ether oxygens (including phenoxy) is 1. The second kappa shape index (κ2) is 7.73. The Hall–Kier alpha value is -2.70. The average molecular weight is 380 g/mol. The fourth-order valence-corrected chi connectivity index (χ4v) is 4.13. The molecule has 1 spiro atoms. The van der Waals surface area contributed by atoms with Crippen molar-refractivity contribution in [3.05, 3.63) is 71.3 Å². The molecule has 1 saturated heterocycles. The summed E-state index contributed by atoms with van der Waals surface area (Å²) in [5, 5.41) is 13.2. The third-order valence-electron chi connectivity index (χ3n) is 5.47. The highest BCUT2D eigenvalue weighted by molar-refractivity contribution is 6.07. The lowest BCUT2D eigenvalue weighted by atomic mass is 9.76. The molecule has 1 heterocycles. The van der Waals surface area contributed by atoms with Gasteiger partial charge in [-0.2, -0.15) is 0 Å². The lowest BCUT2D eigenvalue weighted by Crippen LogP contribution is -2.47. The number of aryl methyl sites for hydroxylation is 1. The van der Waals surface area contributed by atoms with E-state index in [1.54, 1.807) is 0 Å². The highest BCUT2D eigenvalue weighted by Crippen LogP contribution is 2.39. The molecule has 2 aromatic rings. The third kappa shape index (κ3) is 3.41. The summed E-state index contributed by atoms with van der Waals surface area (Å²) in [6, 6.07) is 16.9. The Kier molecular flexibility index (Phi) is 5.15. The highest BCUT2D eigenvalue weighted by Gasteiger charge is 2.54. The number of benzene rings is 2. The summed E-state index contributed by atoms with van der Waals surface area (Å²) >= 11 is 0. The lowest BCUT2D eigenvalue weighted by molar-refractivity contribution is -0.133. The van der Waals surface area contributed by atoms with E-state index < -0.39 is 17.7 Å². The van der Waals surface area contributed by atoms with Gasteiger partial charge in [-0.25, -0.2) is 4.79 Å². The van der Waals surface area contributed by atoms with Crippen molar-refractivity contribution in [2.24, 2.45) is 0 Å². The summed E-state index contributed by atoms with van der Waals surface area (Å²) in [5.74, 6) is -0.285. The van der Waals surface area contributed by atoms with Gasteiger partial charge >= 0.3 is 6.03 Å². The van der Waals surface area contributed by atoms with Crippen molar-refractivity contribution in [3.8, 4) is 0 Å². The summed E-state index contributed by atoms with van der Waals surface area (Å²) in [6.45, 7) is 0.342. The van der Waals surface area contributed by atoms with Crippen molar-refractivity contribution < 1.29 is 19.4 Å². The summed E-state index contributed by atoms with van der Waals surface area (Å²) in [5.41, 5.74) is 1.96. The molecule has 0 bridgehead atoms. The topological polar surface area (TPSA) is 78.9 Å². The molecule has 1 aliphatic carbocycles. The van der Waals surface area contributed by atoms with Crippen molar-refractivity contribution >= 4 is 11.9 Å². The molecular weight excluding hydrogens is 356 g/mol. The fraction of sp³-hybridized carbons (Fsp3) is 0.364. The number of aliphatic hydroxyl groups excluding tert-OH is 1. The fourth-order valence-electron chi connectivity index (χ4n) is 4.13. The number of β-amino-alcohol motifs (C(OH)–C–C–N with tert-alkyl or cyclic N) is 1. The van der Waals surface area contributed by atoms with Crippen LogP contribution in [0.2, 0.25) is 0 Å². The van der Waals surface area contributed by atoms with Gasteiger partial charge in [0.1, 0.15) is 5.54 Å². The number of urea groups is 1. The quantitative estimate of drug-likeness (QED) is 0.754. The predicted molar refractivity (Wildman–Crippen MR) is 103 cm³/mol. The predicted octanol–water partition coefficient (Wildman–Crippen LogP) is 2.35. The van der Waals surface area contributed by atoms with E-state index in [2.05, 4.69) is 5.32 Å². The Morgan fingerprint density at radius 3 is 2.68 bits per heavy atom. The molecule has 1 aliphatic heterocycles. The molecule has 3 amide bonds. The maximum Gasteiger partial charge on any atom is 0.325 e. The van der Waals surface area contributed by atoms with Crippen molar-refractivity contribution in [1.29, 1.82) is 0 Å². The number of amides is 3.